The van der Waals surface area contributed by atoms with Gasteiger partial charge in [0.2, 0.25) is 11.8 Å². The van der Waals surface area contributed by atoms with Crippen LogP contribution in [0.1, 0.15) is 39.1 Å². The summed E-state index contributed by atoms with van der Waals surface area (Å²) < 4.78 is 0. The molecule has 27 heavy (non-hydrogen) atoms. The summed E-state index contributed by atoms with van der Waals surface area (Å²) in [6.07, 6.45) is 0.498. The van der Waals surface area contributed by atoms with E-state index in [0.717, 1.165) is 11.1 Å². The number of carboxylic acids is 1. The third-order valence-electron chi connectivity index (χ3n) is 5.00. The van der Waals surface area contributed by atoms with E-state index in [9.17, 15) is 24.3 Å². The van der Waals surface area contributed by atoms with Crippen molar-refractivity contribution in [3.8, 4) is 11.1 Å². The van der Waals surface area contributed by atoms with E-state index in [-0.39, 0.29) is 30.3 Å². The lowest BCUT2D eigenvalue weighted by atomic mass is 9.96. The topological polar surface area (TPSA) is 104 Å². The summed E-state index contributed by atoms with van der Waals surface area (Å²) in [7, 11) is 0. The Labute approximate surface area is 154 Å². The fourth-order valence-corrected chi connectivity index (χ4v) is 3.68. The first kappa shape index (κ1) is 17.0. The van der Waals surface area contributed by atoms with Crippen molar-refractivity contribution in [3.63, 3.8) is 0 Å². The number of nitrogens with one attached hydrogen (secondary N) is 1. The lowest BCUT2D eigenvalue weighted by Gasteiger charge is -2.29. The Morgan fingerprint density at radius 3 is 2.56 bits per heavy atom. The molecule has 2 aliphatic rings. The molecule has 1 atom stereocenters. The number of piperidine rings is 1. The molecule has 0 radical (unpaired) electrons. The van der Waals surface area contributed by atoms with Crippen LogP contribution in [0.15, 0.2) is 42.5 Å². The molecule has 4 rings (SSSR count). The number of benzene rings is 2. The molecule has 2 aliphatic heterocycles. The highest BCUT2D eigenvalue weighted by Crippen LogP contribution is 2.35. The molecule has 2 aromatic rings. The van der Waals surface area contributed by atoms with Gasteiger partial charge in [-0.15, -0.1) is 0 Å². The van der Waals surface area contributed by atoms with E-state index >= 15 is 0 Å². The maximum Gasteiger partial charge on any atom is 0.335 e. The number of fused-ring (bicyclic) bond motifs is 1. The number of amides is 3. The van der Waals surface area contributed by atoms with Crippen molar-refractivity contribution in [1.29, 1.82) is 0 Å². The normalized spacial score (nSPS) is 19.0. The van der Waals surface area contributed by atoms with Crippen LogP contribution in [0.3, 0.4) is 0 Å². The summed E-state index contributed by atoms with van der Waals surface area (Å²) in [4.78, 5) is 49.1. The number of nitrogens with zero attached hydrogens (tertiary/aromatic N) is 1. The van der Waals surface area contributed by atoms with Crippen LogP contribution in [0, 0.1) is 0 Å². The molecule has 2 heterocycles. The molecule has 1 unspecified atom stereocenters. The molecule has 3 amide bonds. The molecule has 2 aromatic carbocycles. The number of rotatable bonds is 3. The van der Waals surface area contributed by atoms with E-state index in [2.05, 4.69) is 5.32 Å². The van der Waals surface area contributed by atoms with Crippen LogP contribution in [-0.4, -0.2) is 39.7 Å². The van der Waals surface area contributed by atoms with E-state index in [1.165, 1.54) is 11.0 Å². The van der Waals surface area contributed by atoms with Gasteiger partial charge >= 0.3 is 5.97 Å². The summed E-state index contributed by atoms with van der Waals surface area (Å²) in [6, 6.07) is 11.1. The van der Waals surface area contributed by atoms with Gasteiger partial charge in [0, 0.05) is 18.5 Å². The Kier molecular flexibility index (Phi) is 3.99. The Morgan fingerprint density at radius 1 is 1.07 bits per heavy atom. The van der Waals surface area contributed by atoms with Gasteiger partial charge < -0.3 is 10.0 Å². The third kappa shape index (κ3) is 2.87. The van der Waals surface area contributed by atoms with Gasteiger partial charge in [0.1, 0.15) is 6.04 Å². The molecule has 0 aliphatic carbocycles. The first-order valence-corrected chi connectivity index (χ1v) is 8.56. The zero-order chi connectivity index (χ0) is 19.1. The molecule has 2 N–H and O–H groups in total. The standard InChI is InChI=1S/C20H16N2O5/c23-17-8-7-16(18(24)21-17)22-10-15-13(5-2-6-14(15)19(22)25)11-3-1-4-12(9-11)20(26)27/h1-6,9,16H,7-8,10H2,(H,26,27)(H,21,23,24). The third-order valence-corrected chi connectivity index (χ3v) is 5.00. The van der Waals surface area contributed by atoms with Crippen LogP contribution < -0.4 is 5.32 Å². The van der Waals surface area contributed by atoms with Crippen LogP contribution in [-0.2, 0) is 16.1 Å². The van der Waals surface area contributed by atoms with Crippen molar-refractivity contribution in [2.45, 2.75) is 25.4 Å². The smallest absolute Gasteiger partial charge is 0.335 e. The average molecular weight is 364 g/mol. The zero-order valence-corrected chi connectivity index (χ0v) is 14.3. The molecule has 0 saturated carbocycles. The van der Waals surface area contributed by atoms with Crippen LogP contribution in [0.25, 0.3) is 11.1 Å². The number of carbonyl (C=O) groups is 4. The van der Waals surface area contributed by atoms with Gasteiger partial charge in [-0.3, -0.25) is 19.7 Å². The molecule has 1 fully saturated rings. The average Bonchev–Trinajstić information content (AvgIpc) is 2.98. The van der Waals surface area contributed by atoms with Crippen LogP contribution in [0.5, 0.6) is 0 Å². The highest BCUT2D eigenvalue weighted by atomic mass is 16.4. The first-order valence-electron chi connectivity index (χ1n) is 8.56. The predicted molar refractivity (Wildman–Crippen MR) is 94.9 cm³/mol. The zero-order valence-electron chi connectivity index (χ0n) is 14.3. The van der Waals surface area contributed by atoms with Gasteiger partial charge in [0.05, 0.1) is 5.56 Å². The molecule has 136 valence electrons. The summed E-state index contributed by atoms with van der Waals surface area (Å²) in [5, 5.41) is 11.5. The monoisotopic (exact) mass is 364 g/mol. The Bertz CT molecular complexity index is 998. The van der Waals surface area contributed by atoms with E-state index < -0.39 is 17.9 Å². The van der Waals surface area contributed by atoms with Crippen molar-refractivity contribution in [3.05, 3.63) is 59.2 Å². The molecule has 7 heteroatoms. The fraction of sp³-hybridized carbons (Fsp3) is 0.200. The Balaban J connectivity index is 1.71. The molecule has 7 nitrogen and oxygen atoms in total. The van der Waals surface area contributed by atoms with Gasteiger partial charge in [0.25, 0.3) is 5.91 Å². The van der Waals surface area contributed by atoms with Crippen LogP contribution in [0.4, 0.5) is 0 Å². The van der Waals surface area contributed by atoms with Gasteiger partial charge in [0.15, 0.2) is 0 Å². The molecule has 1 saturated heterocycles. The van der Waals surface area contributed by atoms with Crippen molar-refractivity contribution in [1.82, 2.24) is 10.2 Å². The maximum absolute atomic E-state index is 12.8. The quantitative estimate of drug-likeness (QED) is 0.809. The molecule has 0 aromatic heterocycles. The van der Waals surface area contributed by atoms with Gasteiger partial charge in [-0.1, -0.05) is 24.3 Å². The van der Waals surface area contributed by atoms with E-state index in [1.807, 2.05) is 6.07 Å². The van der Waals surface area contributed by atoms with Crippen molar-refractivity contribution >= 4 is 23.7 Å². The second kappa shape index (κ2) is 6.35. The number of imide groups is 1. The first-order chi connectivity index (χ1) is 13.0. The number of aromatic carboxylic acids is 1. The maximum atomic E-state index is 12.8. The van der Waals surface area contributed by atoms with Gasteiger partial charge in [-0.05, 0) is 41.3 Å². The molecular formula is C20H16N2O5. The van der Waals surface area contributed by atoms with E-state index in [1.54, 1.807) is 30.3 Å². The van der Waals surface area contributed by atoms with E-state index in [0.29, 0.717) is 17.5 Å². The number of carbonyl (C=O) groups excluding carboxylic acids is 3. The minimum absolute atomic E-state index is 0.163. The van der Waals surface area contributed by atoms with Crippen molar-refractivity contribution in [2.75, 3.05) is 0 Å². The molecule has 0 bridgehead atoms. The SMILES string of the molecule is O=C1CCC(N2Cc3c(cccc3-c3cccc(C(=O)O)c3)C2=O)C(=O)N1. The number of hydrogen-bond donors (Lipinski definition) is 2. The fourth-order valence-electron chi connectivity index (χ4n) is 3.68. The molecule has 0 spiro atoms. The number of carboxylic acid groups (broad SMARTS) is 1. The summed E-state index contributed by atoms with van der Waals surface area (Å²) in [5.41, 5.74) is 2.88. The summed E-state index contributed by atoms with van der Waals surface area (Å²) in [5.74, 6) is -2.06. The van der Waals surface area contributed by atoms with Crippen molar-refractivity contribution < 1.29 is 24.3 Å². The lowest BCUT2D eigenvalue weighted by Crippen LogP contribution is -2.52. The Hall–Kier alpha value is -3.48. The van der Waals surface area contributed by atoms with Crippen LogP contribution >= 0.6 is 0 Å². The highest BCUT2D eigenvalue weighted by Gasteiger charge is 2.39. The van der Waals surface area contributed by atoms with Crippen molar-refractivity contribution in [2.24, 2.45) is 0 Å². The lowest BCUT2D eigenvalue weighted by molar-refractivity contribution is -0.136. The number of hydrogen-bond acceptors (Lipinski definition) is 4. The Morgan fingerprint density at radius 2 is 1.81 bits per heavy atom. The van der Waals surface area contributed by atoms with Crippen LogP contribution in [0.2, 0.25) is 0 Å². The summed E-state index contributed by atoms with van der Waals surface area (Å²) in [6.45, 7) is 0.244. The largest absolute Gasteiger partial charge is 0.478 e. The minimum atomic E-state index is -1.02. The van der Waals surface area contributed by atoms with Gasteiger partial charge in [-0.2, -0.15) is 0 Å². The second-order valence-corrected chi connectivity index (χ2v) is 6.62. The van der Waals surface area contributed by atoms with Gasteiger partial charge in [-0.25, -0.2) is 4.79 Å². The summed E-state index contributed by atoms with van der Waals surface area (Å²) >= 11 is 0. The molecular weight excluding hydrogens is 348 g/mol. The second-order valence-electron chi connectivity index (χ2n) is 6.62. The predicted octanol–water partition coefficient (Wildman–Crippen LogP) is 1.81. The highest BCUT2D eigenvalue weighted by molar-refractivity contribution is 6.06. The van der Waals surface area contributed by atoms with E-state index in [4.69, 9.17) is 0 Å². The minimum Gasteiger partial charge on any atom is -0.478 e.